The van der Waals surface area contributed by atoms with Crippen molar-refractivity contribution in [2.75, 3.05) is 33.7 Å². The molecule has 0 amide bonds. The van der Waals surface area contributed by atoms with Gasteiger partial charge in [0, 0.05) is 6.54 Å². The van der Waals surface area contributed by atoms with Crippen LogP contribution >= 0.6 is 24.8 Å². The van der Waals surface area contributed by atoms with Gasteiger partial charge in [0.25, 0.3) is 0 Å². The van der Waals surface area contributed by atoms with Gasteiger partial charge in [-0.15, -0.1) is 24.8 Å². The first kappa shape index (κ1) is 14.0. The minimum atomic E-state index is 0. The predicted octanol–water partition coefficient (Wildman–Crippen LogP) is 1.00. The molecule has 0 unspecified atom stereocenters. The maximum atomic E-state index is 3.20. The molecule has 1 aliphatic rings. The highest BCUT2D eigenvalue weighted by atomic mass is 35.5. The first-order valence-corrected chi connectivity index (χ1v) is 3.66. The van der Waals surface area contributed by atoms with Gasteiger partial charge in [0.15, 0.2) is 0 Å². The second-order valence-electron chi connectivity index (χ2n) is 2.97. The third-order valence-corrected chi connectivity index (χ3v) is 1.98. The van der Waals surface area contributed by atoms with E-state index in [2.05, 4.69) is 17.3 Å². The molecule has 0 aromatic heterocycles. The average molecular weight is 201 g/mol. The lowest BCUT2D eigenvalue weighted by Gasteiger charge is -2.08. The van der Waals surface area contributed by atoms with Crippen LogP contribution in [0.3, 0.4) is 0 Å². The monoisotopic (exact) mass is 200 g/mol. The van der Waals surface area contributed by atoms with Gasteiger partial charge in [-0.1, -0.05) is 0 Å². The maximum Gasteiger partial charge on any atom is 0.00192 e. The molecule has 70 valence electrons. The Bertz CT molecular complexity index is 88.5. The fraction of sp³-hybridized carbons (Fsp3) is 1.00. The van der Waals surface area contributed by atoms with E-state index in [0.717, 1.165) is 5.92 Å². The number of hydrogen-bond donors (Lipinski definition) is 1. The lowest BCUT2D eigenvalue weighted by molar-refractivity contribution is 0.392. The van der Waals surface area contributed by atoms with Crippen molar-refractivity contribution in [2.45, 2.75) is 6.42 Å². The van der Waals surface area contributed by atoms with E-state index in [4.69, 9.17) is 0 Å². The molecule has 1 N–H and O–H groups in total. The summed E-state index contributed by atoms with van der Waals surface area (Å²) >= 11 is 0. The van der Waals surface area contributed by atoms with Gasteiger partial charge in [-0.3, -0.25) is 0 Å². The molecule has 0 aromatic rings. The zero-order valence-corrected chi connectivity index (χ0v) is 8.80. The minimum absolute atomic E-state index is 0. The maximum absolute atomic E-state index is 3.20. The Morgan fingerprint density at radius 2 is 2.09 bits per heavy atom. The van der Waals surface area contributed by atoms with Crippen molar-refractivity contribution in [1.29, 1.82) is 0 Å². The highest BCUT2D eigenvalue weighted by molar-refractivity contribution is 5.85. The SMILES string of the molecule is CNC[C@@H]1CCN(C)C1.Cl.Cl. The quantitative estimate of drug-likeness (QED) is 0.717. The van der Waals surface area contributed by atoms with Gasteiger partial charge in [0.1, 0.15) is 0 Å². The van der Waals surface area contributed by atoms with Crippen LogP contribution in [-0.2, 0) is 0 Å². The minimum Gasteiger partial charge on any atom is -0.319 e. The first-order chi connectivity index (χ1) is 4.33. The lowest BCUT2D eigenvalue weighted by Crippen LogP contribution is -2.21. The summed E-state index contributed by atoms with van der Waals surface area (Å²) in [4.78, 5) is 2.39. The van der Waals surface area contributed by atoms with Gasteiger partial charge >= 0.3 is 0 Å². The molecule has 1 saturated heterocycles. The Labute approximate surface area is 81.5 Å². The van der Waals surface area contributed by atoms with E-state index >= 15 is 0 Å². The van der Waals surface area contributed by atoms with E-state index in [1.807, 2.05) is 7.05 Å². The molecule has 1 aliphatic heterocycles. The van der Waals surface area contributed by atoms with Crippen LogP contribution in [0.25, 0.3) is 0 Å². The Morgan fingerprint density at radius 3 is 2.45 bits per heavy atom. The molecule has 0 aliphatic carbocycles. The molecule has 0 aromatic carbocycles. The average Bonchev–Trinajstić information content (AvgIpc) is 2.17. The summed E-state index contributed by atoms with van der Waals surface area (Å²) < 4.78 is 0. The topological polar surface area (TPSA) is 15.3 Å². The first-order valence-electron chi connectivity index (χ1n) is 3.66. The van der Waals surface area contributed by atoms with Crippen LogP contribution in [0.1, 0.15) is 6.42 Å². The molecule has 11 heavy (non-hydrogen) atoms. The van der Waals surface area contributed by atoms with E-state index in [1.165, 1.54) is 26.1 Å². The van der Waals surface area contributed by atoms with E-state index in [0.29, 0.717) is 0 Å². The molecule has 1 heterocycles. The number of halogens is 2. The van der Waals surface area contributed by atoms with E-state index in [9.17, 15) is 0 Å². The third-order valence-electron chi connectivity index (χ3n) is 1.98. The van der Waals surface area contributed by atoms with Gasteiger partial charge in [-0.2, -0.15) is 0 Å². The van der Waals surface area contributed by atoms with Crippen LogP contribution in [0, 0.1) is 5.92 Å². The molecule has 0 radical (unpaired) electrons. The van der Waals surface area contributed by atoms with Crippen molar-refractivity contribution in [3.05, 3.63) is 0 Å². The highest BCUT2D eigenvalue weighted by Crippen LogP contribution is 2.12. The second-order valence-corrected chi connectivity index (χ2v) is 2.97. The summed E-state index contributed by atoms with van der Waals surface area (Å²) in [5, 5.41) is 3.20. The van der Waals surface area contributed by atoms with Crippen molar-refractivity contribution in [3.8, 4) is 0 Å². The Balaban J connectivity index is 0. The van der Waals surface area contributed by atoms with Crippen LogP contribution in [-0.4, -0.2) is 38.6 Å². The largest absolute Gasteiger partial charge is 0.319 e. The Hall–Kier alpha value is 0.500. The smallest absolute Gasteiger partial charge is 0.00192 e. The summed E-state index contributed by atoms with van der Waals surface area (Å²) in [6, 6.07) is 0. The fourth-order valence-corrected chi connectivity index (χ4v) is 1.48. The van der Waals surface area contributed by atoms with Crippen LogP contribution in [0.5, 0.6) is 0 Å². The predicted molar refractivity (Wildman–Crippen MR) is 54.0 cm³/mol. The molecule has 0 saturated carbocycles. The van der Waals surface area contributed by atoms with Gasteiger partial charge in [0.05, 0.1) is 0 Å². The van der Waals surface area contributed by atoms with Gasteiger partial charge in [-0.25, -0.2) is 0 Å². The molecular formula is C7H18Cl2N2. The normalized spacial score (nSPS) is 24.0. The number of rotatable bonds is 2. The zero-order valence-electron chi connectivity index (χ0n) is 7.17. The molecule has 1 atom stereocenters. The molecule has 0 spiro atoms. The third kappa shape index (κ3) is 4.86. The Morgan fingerprint density at radius 1 is 1.45 bits per heavy atom. The summed E-state index contributed by atoms with van der Waals surface area (Å²) in [5.41, 5.74) is 0. The summed E-state index contributed by atoms with van der Waals surface area (Å²) in [6.45, 7) is 3.75. The van der Waals surface area contributed by atoms with Gasteiger partial charge in [-0.05, 0) is 39.5 Å². The molecule has 4 heteroatoms. The number of likely N-dealkylation sites (tertiary alicyclic amines) is 1. The van der Waals surface area contributed by atoms with Crippen LogP contribution in [0.15, 0.2) is 0 Å². The van der Waals surface area contributed by atoms with E-state index in [1.54, 1.807) is 0 Å². The molecule has 1 rings (SSSR count). The standard InChI is InChI=1S/C7H16N2.2ClH/c1-8-5-7-3-4-9(2)6-7;;/h7-8H,3-6H2,1-2H3;2*1H/t7-;;/m0../s1. The van der Waals surface area contributed by atoms with Crippen molar-refractivity contribution >= 4 is 24.8 Å². The number of nitrogens with zero attached hydrogens (tertiary/aromatic N) is 1. The van der Waals surface area contributed by atoms with Gasteiger partial charge < -0.3 is 10.2 Å². The van der Waals surface area contributed by atoms with E-state index < -0.39 is 0 Å². The van der Waals surface area contributed by atoms with E-state index in [-0.39, 0.29) is 24.8 Å². The summed E-state index contributed by atoms with van der Waals surface area (Å²) in [5.74, 6) is 0.903. The van der Waals surface area contributed by atoms with Crippen molar-refractivity contribution < 1.29 is 0 Å². The zero-order chi connectivity index (χ0) is 6.69. The molecule has 0 bridgehead atoms. The van der Waals surface area contributed by atoms with Crippen molar-refractivity contribution in [1.82, 2.24) is 10.2 Å². The van der Waals surface area contributed by atoms with Gasteiger partial charge in [0.2, 0.25) is 0 Å². The van der Waals surface area contributed by atoms with Crippen molar-refractivity contribution in [2.24, 2.45) is 5.92 Å². The highest BCUT2D eigenvalue weighted by Gasteiger charge is 2.17. The molecular weight excluding hydrogens is 183 g/mol. The lowest BCUT2D eigenvalue weighted by atomic mass is 10.1. The second kappa shape index (κ2) is 7.17. The molecule has 2 nitrogen and oxygen atoms in total. The van der Waals surface area contributed by atoms with Crippen LogP contribution in [0.4, 0.5) is 0 Å². The fourth-order valence-electron chi connectivity index (χ4n) is 1.48. The summed E-state index contributed by atoms with van der Waals surface area (Å²) in [6.07, 6.45) is 1.37. The van der Waals surface area contributed by atoms with Crippen LogP contribution in [0.2, 0.25) is 0 Å². The summed E-state index contributed by atoms with van der Waals surface area (Å²) in [7, 11) is 4.22. The van der Waals surface area contributed by atoms with Crippen molar-refractivity contribution in [3.63, 3.8) is 0 Å². The van der Waals surface area contributed by atoms with Crippen LogP contribution < -0.4 is 5.32 Å². The Kier molecular flexibility index (Phi) is 9.15. The molecule has 1 fully saturated rings. The number of hydrogen-bond acceptors (Lipinski definition) is 2. The number of nitrogens with one attached hydrogen (secondary N) is 1.